The summed E-state index contributed by atoms with van der Waals surface area (Å²) >= 11 is 0. The van der Waals surface area contributed by atoms with Gasteiger partial charge >= 0.3 is 15.2 Å². The second kappa shape index (κ2) is 7.87. The second-order valence-electron chi connectivity index (χ2n) is 5.88. The lowest BCUT2D eigenvalue weighted by Crippen LogP contribution is -2.49. The Morgan fingerprint density at radius 3 is 1.88 bits per heavy atom. The first kappa shape index (κ1) is 22.3. The number of aryl methyl sites for hydroxylation is 1. The van der Waals surface area contributed by atoms with Crippen molar-refractivity contribution in [2.24, 2.45) is 0 Å². The average Bonchev–Trinajstić information content (AvgIpc) is 2.49. The highest BCUT2D eigenvalue weighted by Gasteiger charge is 2.63. The minimum Gasteiger partial charge on any atom is -0.330 e. The van der Waals surface area contributed by atoms with Crippen molar-refractivity contribution in [1.29, 1.82) is 0 Å². The molecule has 1 rings (SSSR count). The summed E-state index contributed by atoms with van der Waals surface area (Å²) in [5.74, 6) is 0.216. The normalized spacial score (nSPS) is 13.2. The highest BCUT2D eigenvalue weighted by Crippen LogP contribution is 2.72. The fourth-order valence-corrected chi connectivity index (χ4v) is 6.63. The van der Waals surface area contributed by atoms with Crippen molar-refractivity contribution in [1.82, 2.24) is 4.98 Å². The molecule has 4 N–H and O–H groups in total. The fourth-order valence-electron chi connectivity index (χ4n) is 3.35. The molecule has 0 aliphatic rings. The second-order valence-corrected chi connectivity index (χ2v) is 9.89. The van der Waals surface area contributed by atoms with E-state index < -0.39 is 26.6 Å². The molecule has 0 saturated carbocycles. The van der Waals surface area contributed by atoms with Crippen LogP contribution in [-0.2, 0) is 22.0 Å². The lowest BCUT2D eigenvalue weighted by Gasteiger charge is -2.44. The number of hydrogen-bond donors (Lipinski definition) is 4. The van der Waals surface area contributed by atoms with Gasteiger partial charge in [0.1, 0.15) is 5.82 Å². The predicted octanol–water partition coefficient (Wildman–Crippen LogP) is 2.76. The van der Waals surface area contributed by atoms with Crippen LogP contribution in [-0.4, -0.2) is 36.1 Å². The number of nitrogens with zero attached hydrogens (tertiary/aromatic N) is 2. The molecular weight excluding hydrogens is 366 g/mol. The standard InChI is InChI=1S/C15H28N2O6P2/c1-6-12-10-16-14(13(7-2)11(12)5)17(9-4)15(8-3,24(18,19)20)25(21,22)23/h10H,6-9H2,1-5H3,(H2,18,19,20)(H2,21,22,23). The first-order chi connectivity index (χ1) is 11.4. The van der Waals surface area contributed by atoms with Gasteiger partial charge in [-0.05, 0) is 49.8 Å². The topological polar surface area (TPSA) is 131 Å². The first-order valence-electron chi connectivity index (χ1n) is 8.29. The van der Waals surface area contributed by atoms with Crippen LogP contribution in [0.5, 0.6) is 0 Å². The number of rotatable bonds is 8. The summed E-state index contributed by atoms with van der Waals surface area (Å²) in [6.45, 7) is 8.69. The molecule has 8 nitrogen and oxygen atoms in total. The molecule has 1 heterocycles. The lowest BCUT2D eigenvalue weighted by molar-refractivity contribution is 0.299. The van der Waals surface area contributed by atoms with Crippen LogP contribution in [0.25, 0.3) is 0 Å². The molecule has 0 fully saturated rings. The van der Waals surface area contributed by atoms with Crippen LogP contribution in [0, 0.1) is 6.92 Å². The van der Waals surface area contributed by atoms with Crippen molar-refractivity contribution in [2.45, 2.75) is 58.9 Å². The van der Waals surface area contributed by atoms with Crippen LogP contribution in [0.4, 0.5) is 5.82 Å². The van der Waals surface area contributed by atoms with Gasteiger partial charge in [-0.25, -0.2) is 4.98 Å². The van der Waals surface area contributed by atoms with Crippen LogP contribution >= 0.6 is 15.2 Å². The molecule has 0 unspecified atom stereocenters. The van der Waals surface area contributed by atoms with Gasteiger partial charge in [0.25, 0.3) is 0 Å². The van der Waals surface area contributed by atoms with E-state index in [1.807, 2.05) is 20.8 Å². The van der Waals surface area contributed by atoms with E-state index in [9.17, 15) is 28.7 Å². The average molecular weight is 394 g/mol. The molecular formula is C15H28N2O6P2. The third-order valence-electron chi connectivity index (χ3n) is 4.69. The Hall–Kier alpha value is -0.750. The Bertz CT molecular complexity index is 690. The molecule has 0 aliphatic heterocycles. The third kappa shape index (κ3) is 3.70. The fraction of sp³-hybridized carbons (Fsp3) is 0.667. The Morgan fingerprint density at radius 1 is 1.04 bits per heavy atom. The van der Waals surface area contributed by atoms with Crippen LogP contribution in [0.15, 0.2) is 6.20 Å². The van der Waals surface area contributed by atoms with Crippen molar-refractivity contribution in [3.8, 4) is 0 Å². The molecule has 0 aliphatic carbocycles. The Balaban J connectivity index is 3.85. The molecule has 0 atom stereocenters. The maximum atomic E-state index is 12.2. The summed E-state index contributed by atoms with van der Waals surface area (Å²) in [7, 11) is -10.4. The summed E-state index contributed by atoms with van der Waals surface area (Å²) in [6, 6.07) is 0. The van der Waals surface area contributed by atoms with Crippen molar-refractivity contribution >= 4 is 21.0 Å². The van der Waals surface area contributed by atoms with Crippen molar-refractivity contribution in [3.05, 3.63) is 22.9 Å². The molecule has 0 aromatic carbocycles. The Kier molecular flexibility index (Phi) is 7.01. The van der Waals surface area contributed by atoms with Gasteiger partial charge in [0, 0.05) is 12.7 Å². The Labute approximate surface area is 148 Å². The molecule has 144 valence electrons. The summed E-state index contributed by atoms with van der Waals surface area (Å²) in [6.07, 6.45) is 2.45. The van der Waals surface area contributed by atoms with Crippen LogP contribution in [0.1, 0.15) is 50.8 Å². The number of anilines is 1. The zero-order valence-electron chi connectivity index (χ0n) is 15.3. The molecule has 0 saturated heterocycles. The van der Waals surface area contributed by atoms with Crippen molar-refractivity contribution < 1.29 is 28.7 Å². The van der Waals surface area contributed by atoms with Gasteiger partial charge in [0.15, 0.2) is 0 Å². The van der Waals surface area contributed by atoms with E-state index in [4.69, 9.17) is 0 Å². The van der Waals surface area contributed by atoms with E-state index >= 15 is 0 Å². The van der Waals surface area contributed by atoms with E-state index in [-0.39, 0.29) is 12.4 Å². The van der Waals surface area contributed by atoms with Crippen molar-refractivity contribution in [3.63, 3.8) is 0 Å². The van der Waals surface area contributed by atoms with Crippen LogP contribution in [0.2, 0.25) is 0 Å². The van der Waals surface area contributed by atoms with Gasteiger partial charge in [0.2, 0.25) is 5.02 Å². The number of hydrogen-bond acceptors (Lipinski definition) is 4. The molecule has 0 bridgehead atoms. The van der Waals surface area contributed by atoms with Gasteiger partial charge in [-0.2, -0.15) is 0 Å². The van der Waals surface area contributed by atoms with Gasteiger partial charge < -0.3 is 24.5 Å². The summed E-state index contributed by atoms with van der Waals surface area (Å²) < 4.78 is 24.5. The van der Waals surface area contributed by atoms with E-state index in [0.717, 1.165) is 28.0 Å². The van der Waals surface area contributed by atoms with Gasteiger partial charge in [-0.15, -0.1) is 0 Å². The maximum absolute atomic E-state index is 12.2. The first-order valence-corrected chi connectivity index (χ1v) is 11.5. The maximum Gasteiger partial charge on any atom is 0.363 e. The molecule has 0 amide bonds. The van der Waals surface area contributed by atoms with Gasteiger partial charge in [-0.3, -0.25) is 9.13 Å². The van der Waals surface area contributed by atoms with Gasteiger partial charge in [0.05, 0.1) is 0 Å². The number of pyridine rings is 1. The van der Waals surface area contributed by atoms with Crippen LogP contribution in [0.3, 0.4) is 0 Å². The monoisotopic (exact) mass is 394 g/mol. The minimum atomic E-state index is -5.21. The highest BCUT2D eigenvalue weighted by molar-refractivity contribution is 7.72. The molecule has 1 aromatic rings. The molecule has 1 aromatic heterocycles. The van der Waals surface area contributed by atoms with E-state index in [1.165, 1.54) is 6.92 Å². The Morgan fingerprint density at radius 2 is 1.56 bits per heavy atom. The summed E-state index contributed by atoms with van der Waals surface area (Å²) in [5.41, 5.74) is 2.65. The third-order valence-corrected chi connectivity index (χ3v) is 9.24. The SMILES string of the molecule is CCc1cnc(N(CC)C(CC)(P(=O)(O)O)P(=O)(O)O)c(CC)c1C. The smallest absolute Gasteiger partial charge is 0.330 e. The lowest BCUT2D eigenvalue weighted by atomic mass is 10.0. The zero-order chi connectivity index (χ0) is 19.6. The molecule has 0 spiro atoms. The largest absolute Gasteiger partial charge is 0.363 e. The highest BCUT2D eigenvalue weighted by atomic mass is 31.2. The molecule has 25 heavy (non-hydrogen) atoms. The van der Waals surface area contributed by atoms with Crippen LogP contribution < -0.4 is 4.90 Å². The quantitative estimate of drug-likeness (QED) is 0.495. The van der Waals surface area contributed by atoms with Crippen molar-refractivity contribution in [2.75, 3.05) is 11.4 Å². The number of aromatic nitrogens is 1. The zero-order valence-corrected chi connectivity index (χ0v) is 17.1. The summed E-state index contributed by atoms with van der Waals surface area (Å²) in [5, 5.41) is -2.63. The molecule has 10 heteroatoms. The van der Waals surface area contributed by atoms with E-state index in [0.29, 0.717) is 6.42 Å². The van der Waals surface area contributed by atoms with E-state index in [2.05, 4.69) is 4.98 Å². The predicted molar refractivity (Wildman–Crippen MR) is 97.9 cm³/mol. The molecule has 0 radical (unpaired) electrons. The minimum absolute atomic E-state index is 0.00499. The van der Waals surface area contributed by atoms with Gasteiger partial charge in [-0.1, -0.05) is 20.8 Å². The summed E-state index contributed by atoms with van der Waals surface area (Å²) in [4.78, 5) is 45.1. The van der Waals surface area contributed by atoms with E-state index in [1.54, 1.807) is 13.1 Å².